The van der Waals surface area contributed by atoms with Gasteiger partial charge in [0, 0.05) is 48.5 Å². The molecule has 0 unspecified atom stereocenters. The van der Waals surface area contributed by atoms with Crippen LogP contribution in [0.2, 0.25) is 0 Å². The van der Waals surface area contributed by atoms with Gasteiger partial charge in [-0.2, -0.15) is 0 Å². The van der Waals surface area contributed by atoms with Crippen LogP contribution in [0, 0.1) is 0 Å². The van der Waals surface area contributed by atoms with E-state index in [0.717, 1.165) is 59.0 Å². The normalized spacial score (nSPS) is 14.4. The number of fused-ring (bicyclic) bond motifs is 1. The molecule has 214 valence electrons. The summed E-state index contributed by atoms with van der Waals surface area (Å²) in [6, 6.07) is 22.9. The van der Waals surface area contributed by atoms with Gasteiger partial charge < -0.3 is 24.8 Å². The molecule has 0 aliphatic heterocycles. The number of ether oxygens (including phenoxy) is 1. The summed E-state index contributed by atoms with van der Waals surface area (Å²) in [7, 11) is 5.60. The molecule has 1 aliphatic rings. The molecule has 1 aromatic heterocycles. The van der Waals surface area contributed by atoms with Crippen LogP contribution in [0.15, 0.2) is 79.0 Å². The van der Waals surface area contributed by atoms with Gasteiger partial charge in [-0.05, 0) is 48.2 Å². The molecule has 0 spiro atoms. The van der Waals surface area contributed by atoms with Gasteiger partial charge in [-0.1, -0.05) is 67.8 Å². The third-order valence-corrected chi connectivity index (χ3v) is 8.11. The number of carbonyl (C=O) groups is 2. The quantitative estimate of drug-likeness (QED) is 0.253. The number of aromatic nitrogens is 1. The van der Waals surface area contributed by atoms with Gasteiger partial charge in [0.15, 0.2) is 0 Å². The monoisotopic (exact) mass is 552 g/mol. The molecule has 3 aromatic carbocycles. The summed E-state index contributed by atoms with van der Waals surface area (Å²) in [4.78, 5) is 35.5. The van der Waals surface area contributed by atoms with Crippen molar-refractivity contribution in [2.45, 2.75) is 57.2 Å². The van der Waals surface area contributed by atoms with Crippen molar-refractivity contribution < 1.29 is 14.3 Å². The maximum Gasteiger partial charge on any atom is 0.247 e. The number of para-hydroxylation sites is 2. The van der Waals surface area contributed by atoms with Gasteiger partial charge in [0.25, 0.3) is 0 Å². The van der Waals surface area contributed by atoms with Gasteiger partial charge in [-0.25, -0.2) is 0 Å². The average Bonchev–Trinajstić information content (AvgIpc) is 3.40. The average molecular weight is 553 g/mol. The number of carbonyl (C=O) groups excluding carboxylic acids is 2. The third-order valence-electron chi connectivity index (χ3n) is 8.11. The predicted molar refractivity (Wildman–Crippen MR) is 164 cm³/mol. The van der Waals surface area contributed by atoms with Crippen molar-refractivity contribution in [1.29, 1.82) is 0 Å². The van der Waals surface area contributed by atoms with Crippen LogP contribution in [-0.2, 0) is 22.6 Å². The van der Waals surface area contributed by atoms with Crippen LogP contribution < -0.4 is 15.0 Å². The molecule has 0 radical (unpaired) electrons. The number of benzene rings is 3. The van der Waals surface area contributed by atoms with Crippen molar-refractivity contribution in [1.82, 2.24) is 15.2 Å². The first-order valence-corrected chi connectivity index (χ1v) is 14.5. The summed E-state index contributed by atoms with van der Waals surface area (Å²) in [6.45, 7) is 0.239. The number of aromatic amines is 1. The summed E-state index contributed by atoms with van der Waals surface area (Å²) >= 11 is 0. The summed E-state index contributed by atoms with van der Waals surface area (Å²) in [6.07, 6.45) is 7.41. The second-order valence-electron chi connectivity index (χ2n) is 11.1. The molecule has 7 heteroatoms. The number of nitrogens with zero attached hydrogens (tertiary/aromatic N) is 2. The van der Waals surface area contributed by atoms with Crippen LogP contribution in [0.5, 0.6) is 5.75 Å². The highest BCUT2D eigenvalue weighted by Crippen LogP contribution is 2.31. The van der Waals surface area contributed by atoms with Crippen LogP contribution in [0.4, 0.5) is 5.69 Å². The molecular formula is C34H40N4O3. The van der Waals surface area contributed by atoms with Crippen molar-refractivity contribution in [3.05, 3.63) is 95.7 Å². The Kier molecular flexibility index (Phi) is 8.92. The topological polar surface area (TPSA) is 77.7 Å². The van der Waals surface area contributed by atoms with Gasteiger partial charge in [0.05, 0.1) is 20.1 Å². The third kappa shape index (κ3) is 6.56. The van der Waals surface area contributed by atoms with E-state index in [4.69, 9.17) is 4.74 Å². The van der Waals surface area contributed by atoms with Gasteiger partial charge in [0.1, 0.15) is 11.8 Å². The number of amides is 2. The fraction of sp³-hybridized carbons (Fsp3) is 0.353. The number of rotatable bonds is 10. The molecule has 41 heavy (non-hydrogen) atoms. The molecule has 1 fully saturated rings. The minimum absolute atomic E-state index is 0.122. The number of anilines is 1. The molecule has 7 nitrogen and oxygen atoms in total. The van der Waals surface area contributed by atoms with Crippen molar-refractivity contribution >= 4 is 28.4 Å². The van der Waals surface area contributed by atoms with E-state index in [2.05, 4.69) is 10.3 Å². The highest BCUT2D eigenvalue weighted by molar-refractivity contribution is 5.92. The number of H-pyrrole nitrogens is 1. The molecule has 1 heterocycles. The Morgan fingerprint density at radius 1 is 0.927 bits per heavy atom. The van der Waals surface area contributed by atoms with Crippen LogP contribution >= 0.6 is 0 Å². The lowest BCUT2D eigenvalue weighted by atomic mass is 9.94. The van der Waals surface area contributed by atoms with Gasteiger partial charge >= 0.3 is 0 Å². The predicted octanol–water partition coefficient (Wildman–Crippen LogP) is 6.00. The Balaban J connectivity index is 1.55. The molecule has 4 aromatic rings. The molecule has 1 saturated carbocycles. The molecule has 0 saturated heterocycles. The Morgan fingerprint density at radius 2 is 1.63 bits per heavy atom. The second kappa shape index (κ2) is 12.9. The summed E-state index contributed by atoms with van der Waals surface area (Å²) in [5, 5.41) is 4.32. The minimum Gasteiger partial charge on any atom is -0.496 e. The summed E-state index contributed by atoms with van der Waals surface area (Å²) in [5.74, 6) is 0.421. The fourth-order valence-electron chi connectivity index (χ4n) is 5.84. The summed E-state index contributed by atoms with van der Waals surface area (Å²) in [5.41, 5.74) is 4.55. The molecule has 1 atom stereocenters. The number of hydrogen-bond acceptors (Lipinski definition) is 4. The van der Waals surface area contributed by atoms with Crippen molar-refractivity contribution in [2.75, 3.05) is 26.1 Å². The largest absolute Gasteiger partial charge is 0.496 e. The zero-order chi connectivity index (χ0) is 28.8. The maximum absolute atomic E-state index is 14.3. The van der Waals surface area contributed by atoms with Crippen LogP contribution in [-0.4, -0.2) is 48.9 Å². The molecule has 2 N–H and O–H groups in total. The lowest BCUT2D eigenvalue weighted by Crippen LogP contribution is -2.47. The van der Waals surface area contributed by atoms with Crippen molar-refractivity contribution in [2.24, 2.45) is 0 Å². The van der Waals surface area contributed by atoms with Gasteiger partial charge in [-0.3, -0.25) is 9.59 Å². The zero-order valence-electron chi connectivity index (χ0n) is 24.2. The van der Waals surface area contributed by atoms with Crippen molar-refractivity contribution in [3.63, 3.8) is 0 Å². The number of hydrogen-bond donors (Lipinski definition) is 2. The first-order chi connectivity index (χ1) is 19.9. The lowest BCUT2D eigenvalue weighted by molar-refractivity contribution is -0.141. The molecule has 5 rings (SSSR count). The minimum atomic E-state index is -0.796. The number of nitrogens with one attached hydrogen (secondary N) is 2. The fourth-order valence-corrected chi connectivity index (χ4v) is 5.84. The Bertz CT molecular complexity index is 1470. The Hall–Kier alpha value is -4.26. The Morgan fingerprint density at radius 3 is 2.37 bits per heavy atom. The molecular weight excluding hydrogens is 512 g/mol. The smallest absolute Gasteiger partial charge is 0.247 e. The van der Waals surface area contributed by atoms with Crippen LogP contribution in [0.25, 0.3) is 10.9 Å². The van der Waals surface area contributed by atoms with Crippen molar-refractivity contribution in [3.8, 4) is 5.75 Å². The molecule has 0 bridgehead atoms. The highest BCUT2D eigenvalue weighted by Gasteiger charge is 2.34. The standard InChI is InChI=1S/C34H40N4O3/c1-37(2)28-19-17-24(18-20-28)33(34(40)36-27-12-5-4-6-13-27)38(23-25-11-7-10-16-31(25)41-3)32(39)21-26-22-35-30-15-9-8-14-29(26)30/h7-11,14-20,22,27,33,35H,4-6,12-13,21,23H2,1-3H3,(H,36,40)/t33-/m0/s1. The van der Waals surface area contributed by atoms with E-state index in [1.165, 1.54) is 6.42 Å². The SMILES string of the molecule is COc1ccccc1CN(C(=O)Cc1c[nH]c2ccccc12)[C@H](C(=O)NC1CCCCC1)c1ccc(N(C)C)cc1. The van der Waals surface area contributed by atoms with E-state index in [1.807, 2.05) is 98.0 Å². The van der Waals surface area contributed by atoms with E-state index >= 15 is 0 Å². The van der Waals surface area contributed by atoms with E-state index in [1.54, 1.807) is 12.0 Å². The van der Waals surface area contributed by atoms with E-state index in [0.29, 0.717) is 5.75 Å². The van der Waals surface area contributed by atoms with Gasteiger partial charge in [0.2, 0.25) is 11.8 Å². The van der Waals surface area contributed by atoms with E-state index in [-0.39, 0.29) is 30.8 Å². The second-order valence-corrected chi connectivity index (χ2v) is 11.1. The maximum atomic E-state index is 14.3. The first kappa shape index (κ1) is 28.3. The Labute approximate surface area is 242 Å². The number of methoxy groups -OCH3 is 1. The van der Waals surface area contributed by atoms with E-state index < -0.39 is 6.04 Å². The zero-order valence-corrected chi connectivity index (χ0v) is 24.2. The lowest BCUT2D eigenvalue weighted by Gasteiger charge is -2.34. The van der Waals surface area contributed by atoms with Gasteiger partial charge in [-0.15, -0.1) is 0 Å². The molecule has 1 aliphatic carbocycles. The van der Waals surface area contributed by atoms with Crippen LogP contribution in [0.1, 0.15) is 54.8 Å². The van der Waals surface area contributed by atoms with E-state index in [9.17, 15) is 9.59 Å². The highest BCUT2D eigenvalue weighted by atomic mass is 16.5. The summed E-state index contributed by atoms with van der Waals surface area (Å²) < 4.78 is 5.65. The van der Waals surface area contributed by atoms with Crippen LogP contribution in [0.3, 0.4) is 0 Å². The molecule has 2 amide bonds. The first-order valence-electron chi connectivity index (χ1n) is 14.5.